The number of esters is 1. The molecule has 190 valence electrons. The van der Waals surface area contributed by atoms with Gasteiger partial charge in [0.25, 0.3) is 5.69 Å². The van der Waals surface area contributed by atoms with E-state index in [9.17, 15) is 14.9 Å². The van der Waals surface area contributed by atoms with Crippen LogP contribution in [0.3, 0.4) is 0 Å². The zero-order valence-electron chi connectivity index (χ0n) is 20.7. The molecule has 0 aromatic heterocycles. The molecule has 0 N–H and O–H groups in total. The Hall–Kier alpha value is -3.41. The fourth-order valence-electron chi connectivity index (χ4n) is 5.01. The second-order valence-corrected chi connectivity index (χ2v) is 9.78. The van der Waals surface area contributed by atoms with Gasteiger partial charge in [-0.3, -0.25) is 14.9 Å². The van der Waals surface area contributed by atoms with Crippen molar-refractivity contribution in [2.75, 3.05) is 13.2 Å². The molecule has 2 aromatic carbocycles. The number of carbonyl (C=O) groups excluding carboxylic acids is 1. The molecule has 1 fully saturated rings. The molecule has 1 saturated carbocycles. The van der Waals surface area contributed by atoms with E-state index in [1.54, 1.807) is 12.1 Å². The Kier molecular flexibility index (Phi) is 9.31. The average Bonchev–Trinajstić information content (AvgIpc) is 3.53. The minimum atomic E-state index is -0.397. The number of non-ortho nitro benzene ring substituents is 1. The molecule has 2 aromatic rings. The molecule has 6 heteroatoms. The molecule has 0 radical (unpaired) electrons. The fraction of sp³-hybridized carbons (Fsp3) is 0.433. The number of hydrogen-bond donors (Lipinski definition) is 0. The predicted molar refractivity (Wildman–Crippen MR) is 141 cm³/mol. The van der Waals surface area contributed by atoms with E-state index in [4.69, 9.17) is 9.47 Å². The lowest BCUT2D eigenvalue weighted by molar-refractivity contribution is -0.384. The summed E-state index contributed by atoms with van der Waals surface area (Å²) in [4.78, 5) is 22.5. The van der Waals surface area contributed by atoms with Gasteiger partial charge in [0.2, 0.25) is 0 Å². The summed E-state index contributed by atoms with van der Waals surface area (Å²) in [6.45, 7) is 1.26. The number of hydrogen-bond acceptors (Lipinski definition) is 5. The number of nitrogens with zero attached hydrogens (tertiary/aromatic N) is 1. The van der Waals surface area contributed by atoms with Gasteiger partial charge in [-0.2, -0.15) is 0 Å². The summed E-state index contributed by atoms with van der Waals surface area (Å²) < 4.78 is 11.4. The van der Waals surface area contributed by atoms with E-state index < -0.39 is 4.92 Å². The lowest BCUT2D eigenvalue weighted by atomic mass is 9.94. The van der Waals surface area contributed by atoms with Crippen molar-refractivity contribution in [3.05, 3.63) is 81.9 Å². The van der Waals surface area contributed by atoms with Gasteiger partial charge in [0.15, 0.2) is 0 Å². The molecule has 2 aliphatic rings. The van der Waals surface area contributed by atoms with Gasteiger partial charge in [0, 0.05) is 12.1 Å². The molecule has 0 heterocycles. The van der Waals surface area contributed by atoms with Crippen LogP contribution in [0.15, 0.2) is 60.7 Å². The predicted octanol–water partition coefficient (Wildman–Crippen LogP) is 7.24. The van der Waals surface area contributed by atoms with E-state index in [0.29, 0.717) is 25.0 Å². The van der Waals surface area contributed by atoms with Crippen molar-refractivity contribution in [2.45, 2.75) is 51.4 Å². The van der Waals surface area contributed by atoms with Crippen molar-refractivity contribution < 1.29 is 19.2 Å². The van der Waals surface area contributed by atoms with Crippen LogP contribution in [0.2, 0.25) is 0 Å². The van der Waals surface area contributed by atoms with Crippen LogP contribution in [0.1, 0.15) is 62.5 Å². The average molecular weight is 490 g/mol. The lowest BCUT2D eigenvalue weighted by Crippen LogP contribution is -2.21. The third kappa shape index (κ3) is 7.54. The molecule has 0 spiro atoms. The third-order valence-electron chi connectivity index (χ3n) is 7.09. The summed E-state index contributed by atoms with van der Waals surface area (Å²) in [5.41, 5.74) is 2.05. The van der Waals surface area contributed by atoms with Crippen LogP contribution in [-0.2, 0) is 9.53 Å². The van der Waals surface area contributed by atoms with E-state index in [2.05, 4.69) is 12.2 Å². The number of benzene rings is 2. The summed E-state index contributed by atoms with van der Waals surface area (Å²) in [6.07, 6.45) is 17.0. The quantitative estimate of drug-likeness (QED) is 0.0698. The minimum Gasteiger partial charge on any atom is -0.494 e. The van der Waals surface area contributed by atoms with E-state index >= 15 is 0 Å². The minimum absolute atomic E-state index is 0.0116. The van der Waals surface area contributed by atoms with Crippen molar-refractivity contribution in [3.63, 3.8) is 0 Å². The van der Waals surface area contributed by atoms with Gasteiger partial charge >= 0.3 is 5.97 Å². The monoisotopic (exact) mass is 489 g/mol. The molecule has 4 rings (SSSR count). The highest BCUT2D eigenvalue weighted by atomic mass is 16.6. The van der Waals surface area contributed by atoms with Gasteiger partial charge in [-0.15, -0.1) is 0 Å². The maximum Gasteiger partial charge on any atom is 0.309 e. The smallest absolute Gasteiger partial charge is 0.309 e. The van der Waals surface area contributed by atoms with Gasteiger partial charge in [-0.1, -0.05) is 62.1 Å². The number of allylic oxidation sites excluding steroid dienone is 2. The second-order valence-electron chi connectivity index (χ2n) is 9.78. The van der Waals surface area contributed by atoms with Gasteiger partial charge in [-0.05, 0) is 72.9 Å². The van der Waals surface area contributed by atoms with Gasteiger partial charge in [0.1, 0.15) is 5.75 Å². The normalized spacial score (nSPS) is 20.2. The second kappa shape index (κ2) is 13.1. The van der Waals surface area contributed by atoms with Crippen LogP contribution in [0.5, 0.6) is 5.75 Å². The van der Waals surface area contributed by atoms with Crippen LogP contribution >= 0.6 is 0 Å². The van der Waals surface area contributed by atoms with E-state index in [-0.39, 0.29) is 17.6 Å². The first kappa shape index (κ1) is 25.7. The maximum atomic E-state index is 12.2. The number of unbranched alkanes of at least 4 members (excludes halogenated alkanes) is 5. The Morgan fingerprint density at radius 3 is 2.03 bits per heavy atom. The van der Waals surface area contributed by atoms with Crippen LogP contribution in [0, 0.1) is 27.9 Å². The molecule has 2 bridgehead atoms. The first-order chi connectivity index (χ1) is 17.6. The summed E-state index contributed by atoms with van der Waals surface area (Å²) in [6, 6.07) is 14.4. The first-order valence-electron chi connectivity index (χ1n) is 13.1. The number of nitro benzene ring substituents is 1. The van der Waals surface area contributed by atoms with E-state index in [0.717, 1.165) is 61.8 Å². The Labute approximate surface area is 213 Å². The van der Waals surface area contributed by atoms with Gasteiger partial charge in [0.05, 0.1) is 24.1 Å². The van der Waals surface area contributed by atoms with Crippen molar-refractivity contribution in [1.29, 1.82) is 0 Å². The molecule has 36 heavy (non-hydrogen) atoms. The highest BCUT2D eigenvalue weighted by Crippen LogP contribution is 2.43. The zero-order chi connectivity index (χ0) is 25.2. The molecule has 2 aliphatic carbocycles. The topological polar surface area (TPSA) is 78.7 Å². The summed E-state index contributed by atoms with van der Waals surface area (Å²) in [5.74, 6) is 2.01. The molecule has 3 atom stereocenters. The number of ether oxygens (including phenoxy) is 2. The maximum absolute atomic E-state index is 12.2. The van der Waals surface area contributed by atoms with E-state index in [1.165, 1.54) is 18.6 Å². The molecule has 6 nitrogen and oxygen atoms in total. The lowest BCUT2D eigenvalue weighted by Gasteiger charge is -2.16. The van der Waals surface area contributed by atoms with Crippen LogP contribution in [0.25, 0.3) is 12.2 Å². The van der Waals surface area contributed by atoms with Gasteiger partial charge < -0.3 is 9.47 Å². The summed E-state index contributed by atoms with van der Waals surface area (Å²) in [7, 11) is 0. The van der Waals surface area contributed by atoms with Crippen molar-refractivity contribution in [3.8, 4) is 5.75 Å². The van der Waals surface area contributed by atoms with Crippen LogP contribution in [0.4, 0.5) is 5.69 Å². The molecule has 0 amide bonds. The largest absolute Gasteiger partial charge is 0.494 e. The fourth-order valence-corrected chi connectivity index (χ4v) is 5.01. The summed E-state index contributed by atoms with van der Waals surface area (Å²) in [5, 5.41) is 10.7. The zero-order valence-corrected chi connectivity index (χ0v) is 20.7. The number of fused-ring (bicyclic) bond motifs is 2. The number of carbonyl (C=O) groups is 1. The number of nitro groups is 1. The highest BCUT2D eigenvalue weighted by molar-refractivity contribution is 5.74. The standard InChI is InChI=1S/C30H35NO5/c32-30(29-22-25-9-14-26(29)21-25)36-20-6-4-2-1-3-5-19-35-28-17-12-24(13-18-28)8-7-23-10-15-27(16-11-23)31(33)34/h7-18,25-26,29H,1-6,19-22H2/b8-7+. The van der Waals surface area contributed by atoms with Crippen LogP contribution in [-0.4, -0.2) is 24.1 Å². The SMILES string of the molecule is O=C(OCCCCCCCCOc1ccc(/C=C/c2ccc([N+](=O)[O-])cc2)cc1)C1CC2C=CC1C2. The Balaban J connectivity index is 1.01. The highest BCUT2D eigenvalue weighted by Gasteiger charge is 2.40. The Morgan fingerprint density at radius 1 is 0.833 bits per heavy atom. The summed E-state index contributed by atoms with van der Waals surface area (Å²) >= 11 is 0. The van der Waals surface area contributed by atoms with Crippen molar-refractivity contribution >= 4 is 23.8 Å². The van der Waals surface area contributed by atoms with Gasteiger partial charge in [-0.25, -0.2) is 0 Å². The molecule has 0 saturated heterocycles. The van der Waals surface area contributed by atoms with Crippen molar-refractivity contribution in [1.82, 2.24) is 0 Å². The van der Waals surface area contributed by atoms with Crippen molar-refractivity contribution in [2.24, 2.45) is 17.8 Å². The molecule has 3 unspecified atom stereocenters. The molecule has 0 aliphatic heterocycles. The molecular formula is C30H35NO5. The number of rotatable bonds is 14. The van der Waals surface area contributed by atoms with Crippen LogP contribution < -0.4 is 4.74 Å². The van der Waals surface area contributed by atoms with E-state index in [1.807, 2.05) is 36.4 Å². The third-order valence-corrected chi connectivity index (χ3v) is 7.09. The Morgan fingerprint density at radius 2 is 1.44 bits per heavy atom. The molecular weight excluding hydrogens is 454 g/mol. The Bertz CT molecular complexity index is 1060. The first-order valence-corrected chi connectivity index (χ1v) is 13.1.